The van der Waals surface area contributed by atoms with Crippen molar-refractivity contribution in [2.45, 2.75) is 4.90 Å². The van der Waals surface area contributed by atoms with Crippen LogP contribution in [0.5, 0.6) is 5.75 Å². The lowest BCUT2D eigenvalue weighted by atomic mass is 10.3. The summed E-state index contributed by atoms with van der Waals surface area (Å²) in [5.74, 6) is 0.240. The van der Waals surface area contributed by atoms with Crippen LogP contribution in [0.3, 0.4) is 0 Å². The minimum absolute atomic E-state index is 0.0445. The third kappa shape index (κ3) is 3.55. The molecule has 0 unspecified atom stereocenters. The smallest absolute Gasteiger partial charge is 0.246 e. The van der Waals surface area contributed by atoms with Gasteiger partial charge in [0.1, 0.15) is 4.90 Å². The second-order valence-electron chi connectivity index (χ2n) is 4.76. The van der Waals surface area contributed by atoms with Crippen LogP contribution in [0.1, 0.15) is 0 Å². The van der Waals surface area contributed by atoms with Gasteiger partial charge in [0.2, 0.25) is 10.0 Å². The highest BCUT2D eigenvalue weighted by molar-refractivity contribution is 9.10. The molecule has 1 aliphatic heterocycles. The number of benzene rings is 1. The van der Waals surface area contributed by atoms with E-state index in [-0.39, 0.29) is 10.6 Å². The fraction of sp³-hybridized carbons (Fsp3) is 0.462. The third-order valence-electron chi connectivity index (χ3n) is 3.42. The van der Waals surface area contributed by atoms with E-state index in [1.165, 1.54) is 17.5 Å². The largest absolute Gasteiger partial charge is 0.494 e. The SMILES string of the molecule is COc1c(Br)cc(Cl)cc1S(=O)(=O)N1CCN(CC#N)CC1. The predicted molar refractivity (Wildman–Crippen MR) is 86.5 cm³/mol. The third-order valence-corrected chi connectivity index (χ3v) is 6.13. The summed E-state index contributed by atoms with van der Waals surface area (Å²) in [7, 11) is -2.29. The first-order chi connectivity index (χ1) is 10.4. The summed E-state index contributed by atoms with van der Waals surface area (Å²) in [6.07, 6.45) is 0. The molecule has 0 atom stereocenters. The number of sulfonamides is 1. The molecule has 1 fully saturated rings. The van der Waals surface area contributed by atoms with Crippen molar-refractivity contribution in [1.29, 1.82) is 5.26 Å². The van der Waals surface area contributed by atoms with Gasteiger partial charge in [-0.2, -0.15) is 9.57 Å². The molecule has 1 aromatic rings. The van der Waals surface area contributed by atoms with Crippen LogP contribution in [0.4, 0.5) is 0 Å². The van der Waals surface area contributed by atoms with E-state index in [0.29, 0.717) is 42.2 Å². The molecule has 22 heavy (non-hydrogen) atoms. The normalized spacial score (nSPS) is 17.2. The molecule has 1 aliphatic rings. The van der Waals surface area contributed by atoms with Crippen LogP contribution in [0, 0.1) is 11.3 Å². The van der Waals surface area contributed by atoms with Crippen molar-refractivity contribution in [2.75, 3.05) is 39.8 Å². The fourth-order valence-corrected chi connectivity index (χ4v) is 5.09. The van der Waals surface area contributed by atoms with E-state index in [0.717, 1.165) is 0 Å². The highest BCUT2D eigenvalue weighted by atomic mass is 79.9. The van der Waals surface area contributed by atoms with Crippen LogP contribution in [0.15, 0.2) is 21.5 Å². The number of rotatable bonds is 4. The Balaban J connectivity index is 2.31. The highest BCUT2D eigenvalue weighted by Crippen LogP contribution is 2.36. The molecule has 9 heteroatoms. The summed E-state index contributed by atoms with van der Waals surface area (Å²) in [6, 6.07) is 5.05. The summed E-state index contributed by atoms with van der Waals surface area (Å²) in [6.45, 7) is 2.02. The van der Waals surface area contributed by atoms with Crippen LogP contribution in [-0.4, -0.2) is 57.5 Å². The van der Waals surface area contributed by atoms with E-state index in [1.807, 2.05) is 4.90 Å². The van der Waals surface area contributed by atoms with Crippen LogP contribution in [0.25, 0.3) is 0 Å². The van der Waals surface area contributed by atoms with Crippen molar-refractivity contribution in [2.24, 2.45) is 0 Å². The molecular weight excluding hydrogens is 394 g/mol. The number of halogens is 2. The number of ether oxygens (including phenoxy) is 1. The van der Waals surface area contributed by atoms with Crippen molar-refractivity contribution < 1.29 is 13.2 Å². The summed E-state index contributed by atoms with van der Waals surface area (Å²) >= 11 is 9.24. The van der Waals surface area contributed by atoms with Gasteiger partial charge in [-0.25, -0.2) is 8.42 Å². The average Bonchev–Trinajstić information content (AvgIpc) is 2.47. The van der Waals surface area contributed by atoms with E-state index in [9.17, 15) is 8.42 Å². The molecule has 120 valence electrons. The second-order valence-corrected chi connectivity index (χ2v) is 7.95. The maximum atomic E-state index is 12.8. The van der Waals surface area contributed by atoms with Crippen molar-refractivity contribution >= 4 is 37.6 Å². The summed E-state index contributed by atoms with van der Waals surface area (Å²) in [5, 5.41) is 9.01. The predicted octanol–water partition coefficient (Wildman–Crippen LogP) is 1.94. The van der Waals surface area contributed by atoms with Gasteiger partial charge in [-0.05, 0) is 28.1 Å². The number of methoxy groups -OCH3 is 1. The van der Waals surface area contributed by atoms with Gasteiger partial charge in [0.05, 0.1) is 24.2 Å². The molecule has 0 amide bonds. The minimum Gasteiger partial charge on any atom is -0.494 e. The Kier molecular flexibility index (Phi) is 5.69. The van der Waals surface area contributed by atoms with Crippen LogP contribution in [0.2, 0.25) is 5.02 Å². The van der Waals surface area contributed by atoms with Crippen molar-refractivity contribution in [1.82, 2.24) is 9.21 Å². The van der Waals surface area contributed by atoms with E-state index in [4.69, 9.17) is 21.6 Å². The Bertz CT molecular complexity index is 697. The maximum Gasteiger partial charge on any atom is 0.246 e. The molecule has 6 nitrogen and oxygen atoms in total. The van der Waals surface area contributed by atoms with Gasteiger partial charge in [-0.1, -0.05) is 11.6 Å². The van der Waals surface area contributed by atoms with Crippen LogP contribution in [-0.2, 0) is 10.0 Å². The van der Waals surface area contributed by atoms with E-state index >= 15 is 0 Å². The number of piperazine rings is 1. The zero-order valence-electron chi connectivity index (χ0n) is 11.9. The van der Waals surface area contributed by atoms with Crippen molar-refractivity contribution in [3.8, 4) is 11.8 Å². The van der Waals surface area contributed by atoms with Gasteiger partial charge >= 0.3 is 0 Å². The summed E-state index contributed by atoms with van der Waals surface area (Å²) in [5.41, 5.74) is 0. The molecule has 0 aliphatic carbocycles. The molecule has 0 aromatic heterocycles. The van der Waals surface area contributed by atoms with Gasteiger partial charge in [-0.3, -0.25) is 4.90 Å². The number of hydrogen-bond donors (Lipinski definition) is 0. The monoisotopic (exact) mass is 407 g/mol. The molecule has 0 radical (unpaired) electrons. The molecular formula is C13H15BrClN3O3S. The summed E-state index contributed by atoms with van der Waals surface area (Å²) in [4.78, 5) is 1.96. The number of nitriles is 1. The van der Waals surface area contributed by atoms with E-state index in [1.54, 1.807) is 6.07 Å². The quantitative estimate of drug-likeness (QED) is 0.712. The van der Waals surface area contributed by atoms with Crippen LogP contribution >= 0.6 is 27.5 Å². The first-order valence-electron chi connectivity index (χ1n) is 6.52. The molecule has 0 N–H and O–H groups in total. The van der Waals surface area contributed by atoms with Gasteiger partial charge in [-0.15, -0.1) is 0 Å². The number of nitrogens with zero attached hydrogens (tertiary/aromatic N) is 3. The minimum atomic E-state index is -3.70. The Morgan fingerprint density at radius 1 is 1.36 bits per heavy atom. The Labute approximate surface area is 143 Å². The summed E-state index contributed by atoms with van der Waals surface area (Å²) < 4.78 is 32.7. The lowest BCUT2D eigenvalue weighted by Crippen LogP contribution is -2.48. The molecule has 0 saturated carbocycles. The van der Waals surface area contributed by atoms with Gasteiger partial charge in [0.25, 0.3) is 0 Å². The maximum absolute atomic E-state index is 12.8. The van der Waals surface area contributed by atoms with E-state index in [2.05, 4.69) is 22.0 Å². The Morgan fingerprint density at radius 2 is 2.00 bits per heavy atom. The molecule has 0 bridgehead atoms. The van der Waals surface area contributed by atoms with E-state index < -0.39 is 10.0 Å². The standard InChI is InChI=1S/C13H15BrClN3O3S/c1-21-13-11(14)8-10(15)9-12(13)22(19,20)18-6-4-17(3-2-16)5-7-18/h8-9H,3-7H2,1H3. The molecule has 0 spiro atoms. The highest BCUT2D eigenvalue weighted by Gasteiger charge is 2.31. The zero-order chi connectivity index (χ0) is 16.3. The first-order valence-corrected chi connectivity index (χ1v) is 9.13. The van der Waals surface area contributed by atoms with Gasteiger partial charge < -0.3 is 4.74 Å². The topological polar surface area (TPSA) is 73.6 Å². The zero-order valence-corrected chi connectivity index (χ0v) is 15.1. The van der Waals surface area contributed by atoms with Crippen LogP contribution < -0.4 is 4.74 Å². The molecule has 1 heterocycles. The Morgan fingerprint density at radius 3 is 2.55 bits per heavy atom. The van der Waals surface area contributed by atoms with Gasteiger partial charge in [0, 0.05) is 31.2 Å². The first kappa shape index (κ1) is 17.5. The Hall–Kier alpha value is -0.850. The molecule has 1 aromatic carbocycles. The van der Waals surface area contributed by atoms with Crippen molar-refractivity contribution in [3.63, 3.8) is 0 Å². The second kappa shape index (κ2) is 7.15. The average molecular weight is 409 g/mol. The fourth-order valence-electron chi connectivity index (χ4n) is 2.29. The molecule has 2 rings (SSSR count). The molecule has 1 saturated heterocycles. The van der Waals surface area contributed by atoms with Crippen molar-refractivity contribution in [3.05, 3.63) is 21.6 Å². The van der Waals surface area contributed by atoms with Gasteiger partial charge in [0.15, 0.2) is 5.75 Å². The lowest BCUT2D eigenvalue weighted by molar-refractivity contribution is 0.206. The number of hydrogen-bond acceptors (Lipinski definition) is 5. The lowest BCUT2D eigenvalue weighted by Gasteiger charge is -2.32.